The minimum atomic E-state index is -4.26. The third kappa shape index (κ3) is 8.67. The van der Waals surface area contributed by atoms with E-state index in [4.69, 9.17) is 32.7 Å². The summed E-state index contributed by atoms with van der Waals surface area (Å²) in [4.78, 5) is 69.7. The second kappa shape index (κ2) is 17.1. The zero-order valence-corrected chi connectivity index (χ0v) is 29.0. The van der Waals surface area contributed by atoms with E-state index in [9.17, 15) is 28.5 Å². The van der Waals surface area contributed by atoms with Crippen molar-refractivity contribution in [1.82, 2.24) is 9.55 Å². The molecule has 272 valence electrons. The molecule has 1 saturated heterocycles. The van der Waals surface area contributed by atoms with Gasteiger partial charge < -0.3 is 38.0 Å². The zero-order chi connectivity index (χ0) is 37.3. The molecule has 1 aliphatic rings. The Morgan fingerprint density at radius 2 is 1.31 bits per heavy atom. The largest absolute Gasteiger partial charge is 0.467 e. The Bertz CT molecular complexity index is 1970. The van der Waals surface area contributed by atoms with Crippen LogP contribution in [0.3, 0.4) is 0 Å². The highest BCUT2D eigenvalue weighted by atomic mass is 31.2. The van der Waals surface area contributed by atoms with Crippen LogP contribution in [-0.4, -0.2) is 85.5 Å². The van der Waals surface area contributed by atoms with Gasteiger partial charge >= 0.3 is 31.2 Å². The summed E-state index contributed by atoms with van der Waals surface area (Å²) in [6.07, 6.45) is -4.69. The molecule has 0 bridgehead atoms. The smallest absolute Gasteiger partial charge is 0.370 e. The van der Waals surface area contributed by atoms with Gasteiger partial charge in [0.15, 0.2) is 18.4 Å². The van der Waals surface area contributed by atoms with Crippen LogP contribution in [0.25, 0.3) is 0 Å². The molecule has 1 N–H and O–H groups in total. The standard InChI is InChI=1S/C35H34N3O13P/c1-45-33(42)34(52(44,46-2)47-3)48-21-25-27(50-31(40)23-15-9-5-10-16-23)28(51-32(41)24-17-11-6-12-18-24)30(49-25)38-20-19-26(37-35(38)43)36-29(39)22-13-7-4-8-14-22/h4-20,25,27-28,30,34H,21H2,1-3H3,(H,36,37,39,43)/t25-,27-,28-,30-,34?/m1/s1. The van der Waals surface area contributed by atoms with Crippen molar-refractivity contribution in [2.45, 2.75) is 30.4 Å². The van der Waals surface area contributed by atoms with Crippen LogP contribution in [0.15, 0.2) is 108 Å². The summed E-state index contributed by atoms with van der Waals surface area (Å²) in [7, 11) is -1.14. The number of carbonyl (C=O) groups excluding carboxylic acids is 4. The molecule has 1 aromatic heterocycles. The van der Waals surface area contributed by atoms with Gasteiger partial charge in [-0.3, -0.25) is 13.9 Å². The first-order valence-electron chi connectivity index (χ1n) is 15.6. The van der Waals surface area contributed by atoms with Gasteiger partial charge in [0.25, 0.3) is 11.8 Å². The molecule has 5 atom stereocenters. The van der Waals surface area contributed by atoms with Crippen LogP contribution < -0.4 is 11.0 Å². The Balaban J connectivity index is 1.53. The monoisotopic (exact) mass is 735 g/mol. The molecule has 2 heterocycles. The van der Waals surface area contributed by atoms with Crippen molar-refractivity contribution in [2.24, 2.45) is 0 Å². The molecule has 0 saturated carbocycles. The summed E-state index contributed by atoms with van der Waals surface area (Å²) >= 11 is 0. The summed E-state index contributed by atoms with van der Waals surface area (Å²) < 4.78 is 52.5. The molecule has 1 fully saturated rings. The minimum Gasteiger partial charge on any atom is -0.467 e. The zero-order valence-electron chi connectivity index (χ0n) is 28.1. The third-order valence-electron chi connectivity index (χ3n) is 7.79. The number of anilines is 1. The molecule has 0 spiro atoms. The van der Waals surface area contributed by atoms with E-state index in [0.717, 1.165) is 25.9 Å². The number of amides is 1. The first-order valence-corrected chi connectivity index (χ1v) is 17.2. The quantitative estimate of drug-likeness (QED) is 0.111. The van der Waals surface area contributed by atoms with Crippen molar-refractivity contribution in [2.75, 3.05) is 33.3 Å². The molecular formula is C35H34N3O13P. The first kappa shape index (κ1) is 37.7. The number of nitrogens with one attached hydrogen (secondary N) is 1. The lowest BCUT2D eigenvalue weighted by molar-refractivity contribution is -0.153. The molecule has 52 heavy (non-hydrogen) atoms. The van der Waals surface area contributed by atoms with Crippen molar-refractivity contribution in [3.8, 4) is 0 Å². The summed E-state index contributed by atoms with van der Waals surface area (Å²) in [5.41, 5.74) is -0.359. The van der Waals surface area contributed by atoms with Gasteiger partial charge in [-0.25, -0.2) is 19.2 Å². The third-order valence-corrected chi connectivity index (χ3v) is 9.74. The minimum absolute atomic E-state index is 0.0892. The fraction of sp³-hybridized carbons (Fsp3) is 0.257. The molecule has 1 unspecified atom stereocenters. The van der Waals surface area contributed by atoms with Crippen molar-refractivity contribution in [3.63, 3.8) is 0 Å². The highest BCUT2D eigenvalue weighted by molar-refractivity contribution is 7.55. The Morgan fingerprint density at radius 3 is 1.81 bits per heavy atom. The van der Waals surface area contributed by atoms with Crippen LogP contribution >= 0.6 is 7.60 Å². The Kier molecular flexibility index (Phi) is 12.4. The molecule has 0 aliphatic carbocycles. The van der Waals surface area contributed by atoms with E-state index in [1.54, 1.807) is 66.7 Å². The van der Waals surface area contributed by atoms with Gasteiger partial charge in [-0.05, 0) is 42.5 Å². The lowest BCUT2D eigenvalue weighted by Gasteiger charge is -2.26. The first-order chi connectivity index (χ1) is 25.1. The number of hydrogen-bond donors (Lipinski definition) is 1. The maximum Gasteiger partial charge on any atom is 0.370 e. The summed E-state index contributed by atoms with van der Waals surface area (Å²) in [5, 5.41) is 2.54. The van der Waals surface area contributed by atoms with E-state index in [-0.39, 0.29) is 16.9 Å². The van der Waals surface area contributed by atoms with Crippen LogP contribution in [0.4, 0.5) is 5.82 Å². The Labute approximate surface area is 297 Å². The predicted octanol–water partition coefficient (Wildman–Crippen LogP) is 3.85. The van der Waals surface area contributed by atoms with Crippen LogP contribution in [0.1, 0.15) is 37.3 Å². The highest BCUT2D eigenvalue weighted by Crippen LogP contribution is 2.52. The van der Waals surface area contributed by atoms with E-state index >= 15 is 0 Å². The van der Waals surface area contributed by atoms with E-state index < -0.39 is 74.1 Å². The molecular weight excluding hydrogens is 701 g/mol. The van der Waals surface area contributed by atoms with Gasteiger partial charge in [0, 0.05) is 26.0 Å². The van der Waals surface area contributed by atoms with Crippen molar-refractivity contribution < 1.29 is 56.5 Å². The normalized spacial score (nSPS) is 18.9. The van der Waals surface area contributed by atoms with E-state index in [0.29, 0.717) is 5.56 Å². The second-order valence-corrected chi connectivity index (χ2v) is 13.3. The summed E-state index contributed by atoms with van der Waals surface area (Å²) in [5.74, 6) is -5.35. The highest BCUT2D eigenvalue weighted by Gasteiger charge is 2.52. The Morgan fingerprint density at radius 1 is 0.788 bits per heavy atom. The molecule has 0 radical (unpaired) electrons. The predicted molar refractivity (Wildman–Crippen MR) is 181 cm³/mol. The number of rotatable bonds is 14. The van der Waals surface area contributed by atoms with Crippen molar-refractivity contribution >= 4 is 37.2 Å². The number of methoxy groups -OCH3 is 1. The maximum atomic E-state index is 13.5. The van der Waals surface area contributed by atoms with E-state index in [1.165, 1.54) is 36.5 Å². The average Bonchev–Trinajstić information content (AvgIpc) is 3.50. The van der Waals surface area contributed by atoms with Gasteiger partial charge in [0.05, 0.1) is 24.8 Å². The maximum absolute atomic E-state index is 13.5. The lowest BCUT2D eigenvalue weighted by Crippen LogP contribution is -2.43. The fourth-order valence-corrected chi connectivity index (χ4v) is 6.33. The number of hydrogen-bond acceptors (Lipinski definition) is 14. The molecule has 5 rings (SSSR count). The molecule has 3 aromatic carbocycles. The number of carbonyl (C=O) groups is 4. The molecule has 1 aliphatic heterocycles. The number of benzene rings is 3. The van der Waals surface area contributed by atoms with Gasteiger partial charge in [-0.2, -0.15) is 4.98 Å². The van der Waals surface area contributed by atoms with Gasteiger partial charge in [-0.15, -0.1) is 0 Å². The van der Waals surface area contributed by atoms with Gasteiger partial charge in [-0.1, -0.05) is 54.6 Å². The number of esters is 3. The van der Waals surface area contributed by atoms with Crippen molar-refractivity contribution in [1.29, 1.82) is 0 Å². The second-order valence-electron chi connectivity index (χ2n) is 11.0. The molecule has 16 nitrogen and oxygen atoms in total. The molecule has 17 heteroatoms. The van der Waals surface area contributed by atoms with Gasteiger partial charge in [0.1, 0.15) is 11.9 Å². The van der Waals surface area contributed by atoms with Crippen LogP contribution in [0, 0.1) is 0 Å². The fourth-order valence-electron chi connectivity index (χ4n) is 5.16. The SMILES string of the molecule is COC(=O)C(OC[C@H]1O[C@@H](n2ccc(NC(=O)c3ccccc3)nc2=O)[C@H](OC(=O)c2ccccc2)[C@@H]1OC(=O)c1ccccc1)P(=O)(OC)OC. The van der Waals surface area contributed by atoms with Gasteiger partial charge in [0.2, 0.25) is 0 Å². The number of nitrogens with zero attached hydrogens (tertiary/aromatic N) is 2. The summed E-state index contributed by atoms with van der Waals surface area (Å²) in [6.45, 7) is -0.646. The van der Waals surface area contributed by atoms with E-state index in [2.05, 4.69) is 10.3 Å². The van der Waals surface area contributed by atoms with Crippen LogP contribution in [-0.2, 0) is 42.1 Å². The van der Waals surface area contributed by atoms with E-state index in [1.807, 2.05) is 0 Å². The topological polar surface area (TPSA) is 197 Å². The Hall–Kier alpha value is -5.51. The van der Waals surface area contributed by atoms with Crippen LogP contribution in [0.2, 0.25) is 0 Å². The lowest BCUT2D eigenvalue weighted by atomic mass is 10.1. The molecule has 1 amide bonds. The number of ether oxygens (including phenoxy) is 5. The molecule has 4 aromatic rings. The summed E-state index contributed by atoms with van der Waals surface area (Å²) in [6, 6.07) is 25.3. The van der Waals surface area contributed by atoms with Crippen molar-refractivity contribution in [3.05, 3.63) is 130 Å². The average molecular weight is 736 g/mol. The van der Waals surface area contributed by atoms with Crippen LogP contribution in [0.5, 0.6) is 0 Å². The number of aromatic nitrogens is 2.